The van der Waals surface area contributed by atoms with Gasteiger partial charge in [0.15, 0.2) is 5.82 Å². The second-order valence-corrected chi connectivity index (χ2v) is 4.53. The molecule has 0 radical (unpaired) electrons. The summed E-state index contributed by atoms with van der Waals surface area (Å²) in [6.45, 7) is 1.73. The van der Waals surface area contributed by atoms with E-state index >= 15 is 0 Å². The van der Waals surface area contributed by atoms with E-state index in [2.05, 4.69) is 31.3 Å². The Hall–Kier alpha value is -1.41. The van der Waals surface area contributed by atoms with Gasteiger partial charge < -0.3 is 15.2 Å². The van der Waals surface area contributed by atoms with E-state index in [0.29, 0.717) is 29.2 Å². The normalized spacial score (nSPS) is 16.3. The monoisotopic (exact) mass is 300 g/mol. The van der Waals surface area contributed by atoms with Gasteiger partial charge in [-0.1, -0.05) is 0 Å². The molecular formula is C9H13BrN6O. The Morgan fingerprint density at radius 3 is 2.88 bits per heavy atom. The third kappa shape index (κ3) is 2.32. The van der Waals surface area contributed by atoms with Gasteiger partial charge in [-0.25, -0.2) is 15.8 Å². The number of halogens is 1. The second-order valence-electron chi connectivity index (χ2n) is 3.74. The summed E-state index contributed by atoms with van der Waals surface area (Å²) >= 11 is 3.38. The number of likely N-dealkylation sites (N-methyl/N-ethyl adjacent to an activating group) is 1. The van der Waals surface area contributed by atoms with Gasteiger partial charge >= 0.3 is 0 Å². The molecule has 0 aliphatic carbocycles. The molecule has 0 aromatic carbocycles. The van der Waals surface area contributed by atoms with Gasteiger partial charge in [0.1, 0.15) is 16.6 Å². The average molecular weight is 301 g/mol. The summed E-state index contributed by atoms with van der Waals surface area (Å²) in [5.74, 6) is 6.58. The first-order valence-electron chi connectivity index (χ1n) is 5.09. The first-order valence-corrected chi connectivity index (χ1v) is 5.89. The molecule has 1 aliphatic rings. The predicted molar refractivity (Wildman–Crippen MR) is 67.4 cm³/mol. The van der Waals surface area contributed by atoms with Crippen LogP contribution in [0.5, 0.6) is 0 Å². The first kappa shape index (κ1) is 12.1. The zero-order chi connectivity index (χ0) is 12.4. The van der Waals surface area contributed by atoms with E-state index in [1.807, 2.05) is 4.90 Å². The summed E-state index contributed by atoms with van der Waals surface area (Å²) in [4.78, 5) is 23.4. The fraction of sp³-hybridized carbons (Fsp3) is 0.444. The van der Waals surface area contributed by atoms with Crippen LogP contribution in [-0.4, -0.2) is 47.5 Å². The maximum atomic E-state index is 11.6. The standard InChI is InChI=1S/C9H13BrN6O/c1-15-2-3-16(4-6(15)17)9-7(10)8(14-11)12-5-13-9/h5H,2-4,11H2,1H3,(H,12,13,14). The third-order valence-electron chi connectivity index (χ3n) is 2.66. The number of carbonyl (C=O) groups is 1. The van der Waals surface area contributed by atoms with Gasteiger partial charge in [-0.15, -0.1) is 0 Å². The molecule has 3 N–H and O–H groups in total. The summed E-state index contributed by atoms with van der Waals surface area (Å²) in [6.07, 6.45) is 1.41. The van der Waals surface area contributed by atoms with Gasteiger partial charge in [-0.2, -0.15) is 0 Å². The van der Waals surface area contributed by atoms with Crippen LogP contribution < -0.4 is 16.2 Å². The van der Waals surface area contributed by atoms with Gasteiger partial charge in [0, 0.05) is 20.1 Å². The fourth-order valence-electron chi connectivity index (χ4n) is 1.62. The molecule has 92 valence electrons. The Kier molecular flexibility index (Phi) is 3.43. The number of hydrazine groups is 1. The Bertz CT molecular complexity index is 439. The van der Waals surface area contributed by atoms with Crippen molar-refractivity contribution in [1.82, 2.24) is 14.9 Å². The van der Waals surface area contributed by atoms with Crippen LogP contribution in [0.15, 0.2) is 10.8 Å². The molecule has 0 atom stereocenters. The molecule has 17 heavy (non-hydrogen) atoms. The highest BCUT2D eigenvalue weighted by Crippen LogP contribution is 2.29. The Balaban J connectivity index is 2.26. The molecule has 0 unspecified atom stereocenters. The second kappa shape index (κ2) is 4.84. The lowest BCUT2D eigenvalue weighted by molar-refractivity contribution is -0.129. The topological polar surface area (TPSA) is 87.4 Å². The molecule has 1 aromatic heterocycles. The Morgan fingerprint density at radius 1 is 1.47 bits per heavy atom. The average Bonchev–Trinajstić information content (AvgIpc) is 2.33. The summed E-state index contributed by atoms with van der Waals surface area (Å²) < 4.78 is 0.667. The lowest BCUT2D eigenvalue weighted by atomic mass is 10.3. The molecule has 1 fully saturated rings. The Morgan fingerprint density at radius 2 is 2.24 bits per heavy atom. The maximum absolute atomic E-state index is 11.6. The molecule has 1 saturated heterocycles. The van der Waals surface area contributed by atoms with Crippen molar-refractivity contribution in [3.05, 3.63) is 10.8 Å². The van der Waals surface area contributed by atoms with Gasteiger partial charge in [0.05, 0.1) is 6.54 Å². The molecular weight excluding hydrogens is 288 g/mol. The highest BCUT2D eigenvalue weighted by atomic mass is 79.9. The number of hydrogen-bond acceptors (Lipinski definition) is 6. The van der Waals surface area contributed by atoms with Gasteiger partial charge in [-0.3, -0.25) is 4.79 Å². The number of nitrogens with zero attached hydrogens (tertiary/aromatic N) is 4. The van der Waals surface area contributed by atoms with Crippen molar-refractivity contribution in [3.63, 3.8) is 0 Å². The van der Waals surface area contributed by atoms with Gasteiger partial charge in [0.25, 0.3) is 0 Å². The molecule has 0 bridgehead atoms. The minimum Gasteiger partial charge on any atom is -0.344 e. The van der Waals surface area contributed by atoms with Crippen molar-refractivity contribution >= 4 is 33.5 Å². The van der Waals surface area contributed by atoms with E-state index in [4.69, 9.17) is 5.84 Å². The van der Waals surface area contributed by atoms with E-state index in [1.54, 1.807) is 11.9 Å². The molecule has 2 rings (SSSR count). The van der Waals surface area contributed by atoms with E-state index in [0.717, 1.165) is 6.54 Å². The molecule has 8 heteroatoms. The van der Waals surface area contributed by atoms with Crippen molar-refractivity contribution < 1.29 is 4.79 Å². The number of nitrogens with one attached hydrogen (secondary N) is 1. The van der Waals surface area contributed by atoms with Crippen LogP contribution >= 0.6 is 15.9 Å². The number of hydrogen-bond donors (Lipinski definition) is 2. The van der Waals surface area contributed by atoms with Crippen LogP contribution in [0.1, 0.15) is 0 Å². The van der Waals surface area contributed by atoms with Crippen molar-refractivity contribution in [3.8, 4) is 0 Å². The van der Waals surface area contributed by atoms with E-state index in [-0.39, 0.29) is 5.91 Å². The van der Waals surface area contributed by atoms with Crippen molar-refractivity contribution in [1.29, 1.82) is 0 Å². The number of carbonyl (C=O) groups excluding carboxylic acids is 1. The quantitative estimate of drug-likeness (QED) is 0.581. The minimum atomic E-state index is 0.0732. The maximum Gasteiger partial charge on any atom is 0.241 e. The van der Waals surface area contributed by atoms with Crippen LogP contribution in [0.3, 0.4) is 0 Å². The zero-order valence-electron chi connectivity index (χ0n) is 9.35. The molecule has 2 heterocycles. The van der Waals surface area contributed by atoms with Crippen LogP contribution in [0.2, 0.25) is 0 Å². The number of anilines is 2. The third-order valence-corrected chi connectivity index (χ3v) is 3.39. The number of nitrogen functional groups attached to an aromatic ring is 1. The smallest absolute Gasteiger partial charge is 0.241 e. The van der Waals surface area contributed by atoms with Crippen LogP contribution in [-0.2, 0) is 4.79 Å². The number of amides is 1. The number of rotatable bonds is 2. The van der Waals surface area contributed by atoms with Crippen LogP contribution in [0.25, 0.3) is 0 Å². The molecule has 0 saturated carbocycles. The molecule has 1 aliphatic heterocycles. The number of piperazine rings is 1. The first-order chi connectivity index (χ1) is 8.13. The molecule has 1 amide bonds. The summed E-state index contributed by atoms with van der Waals surface area (Å²) in [5, 5.41) is 0. The number of nitrogens with two attached hydrogens (primary N) is 1. The SMILES string of the molecule is CN1CCN(c2ncnc(NN)c2Br)CC1=O. The van der Waals surface area contributed by atoms with Crippen molar-refractivity contribution in [2.24, 2.45) is 5.84 Å². The summed E-state index contributed by atoms with van der Waals surface area (Å²) in [7, 11) is 1.79. The fourth-order valence-corrected chi connectivity index (χ4v) is 2.19. The van der Waals surface area contributed by atoms with E-state index in [1.165, 1.54) is 6.33 Å². The largest absolute Gasteiger partial charge is 0.344 e. The summed E-state index contributed by atoms with van der Waals surface area (Å²) in [6, 6.07) is 0. The lowest BCUT2D eigenvalue weighted by Gasteiger charge is -2.33. The van der Waals surface area contributed by atoms with Crippen molar-refractivity contribution in [2.45, 2.75) is 0 Å². The Labute approximate surface area is 107 Å². The lowest BCUT2D eigenvalue weighted by Crippen LogP contribution is -2.49. The highest BCUT2D eigenvalue weighted by Gasteiger charge is 2.24. The summed E-state index contributed by atoms with van der Waals surface area (Å²) in [5.41, 5.74) is 2.47. The highest BCUT2D eigenvalue weighted by molar-refractivity contribution is 9.10. The van der Waals surface area contributed by atoms with Gasteiger partial charge in [-0.05, 0) is 15.9 Å². The minimum absolute atomic E-state index is 0.0732. The van der Waals surface area contributed by atoms with Gasteiger partial charge in [0.2, 0.25) is 5.91 Å². The van der Waals surface area contributed by atoms with Crippen LogP contribution in [0.4, 0.5) is 11.6 Å². The molecule has 1 aromatic rings. The number of aromatic nitrogens is 2. The predicted octanol–water partition coefficient (Wildman–Crippen LogP) is -0.197. The molecule has 7 nitrogen and oxygen atoms in total. The van der Waals surface area contributed by atoms with Crippen molar-refractivity contribution in [2.75, 3.05) is 37.0 Å². The van der Waals surface area contributed by atoms with Crippen LogP contribution in [0, 0.1) is 0 Å². The van der Waals surface area contributed by atoms with E-state index < -0.39 is 0 Å². The zero-order valence-corrected chi connectivity index (χ0v) is 10.9. The molecule has 0 spiro atoms. The van der Waals surface area contributed by atoms with E-state index in [9.17, 15) is 4.79 Å².